The Labute approximate surface area is 96.2 Å². The van der Waals surface area contributed by atoms with Gasteiger partial charge in [0.2, 0.25) is 0 Å². The molecule has 0 spiro atoms. The van der Waals surface area contributed by atoms with Gasteiger partial charge in [-0.3, -0.25) is 0 Å². The van der Waals surface area contributed by atoms with Crippen molar-refractivity contribution in [1.29, 1.82) is 0 Å². The maximum atomic E-state index is 5.82. The molecule has 0 aromatic heterocycles. The van der Waals surface area contributed by atoms with Crippen LogP contribution in [-0.2, 0) is 18.9 Å². The van der Waals surface area contributed by atoms with E-state index < -0.39 is 0 Å². The lowest BCUT2D eigenvalue weighted by Crippen LogP contribution is -2.30. The van der Waals surface area contributed by atoms with E-state index in [1.165, 1.54) is 19.3 Å². The predicted molar refractivity (Wildman–Crippen MR) is 57.4 cm³/mol. The van der Waals surface area contributed by atoms with E-state index in [-0.39, 0.29) is 0 Å². The highest BCUT2D eigenvalue weighted by atomic mass is 16.6. The monoisotopic (exact) mass is 228 g/mol. The quantitative estimate of drug-likeness (QED) is 0.639. The average molecular weight is 228 g/mol. The lowest BCUT2D eigenvalue weighted by Gasteiger charge is -2.29. The summed E-state index contributed by atoms with van der Waals surface area (Å²) in [4.78, 5) is 0. The van der Waals surface area contributed by atoms with Gasteiger partial charge in [-0.1, -0.05) is 0 Å². The molecule has 2 saturated heterocycles. The van der Waals surface area contributed by atoms with Crippen molar-refractivity contribution in [3.05, 3.63) is 0 Å². The van der Waals surface area contributed by atoms with Crippen LogP contribution in [0.3, 0.4) is 0 Å². The summed E-state index contributed by atoms with van der Waals surface area (Å²) in [7, 11) is 0. The van der Waals surface area contributed by atoms with Crippen molar-refractivity contribution >= 4 is 0 Å². The molecule has 1 aliphatic carbocycles. The number of rotatable bonds is 6. The Balaban J connectivity index is 1.34. The van der Waals surface area contributed by atoms with Crippen LogP contribution in [0.25, 0.3) is 0 Å². The fraction of sp³-hybridized carbons (Fsp3) is 1.00. The van der Waals surface area contributed by atoms with Gasteiger partial charge in [0.25, 0.3) is 0 Å². The molecule has 16 heavy (non-hydrogen) atoms. The second kappa shape index (κ2) is 5.00. The zero-order valence-corrected chi connectivity index (χ0v) is 9.60. The van der Waals surface area contributed by atoms with Gasteiger partial charge in [-0.15, -0.1) is 0 Å². The maximum Gasteiger partial charge on any atom is 0.104 e. The summed E-state index contributed by atoms with van der Waals surface area (Å²) in [6, 6.07) is 0. The maximum absolute atomic E-state index is 5.82. The van der Waals surface area contributed by atoms with Crippen molar-refractivity contribution in [2.45, 2.75) is 50.1 Å². The van der Waals surface area contributed by atoms with Gasteiger partial charge < -0.3 is 18.9 Å². The predicted octanol–water partition coefficient (Wildman–Crippen LogP) is 1.13. The molecule has 4 unspecified atom stereocenters. The van der Waals surface area contributed by atoms with Gasteiger partial charge in [-0.05, 0) is 25.7 Å². The molecule has 0 aromatic rings. The van der Waals surface area contributed by atoms with Gasteiger partial charge in [0, 0.05) is 0 Å². The minimum atomic E-state index is 0.376. The van der Waals surface area contributed by atoms with E-state index >= 15 is 0 Å². The largest absolute Gasteiger partial charge is 0.375 e. The van der Waals surface area contributed by atoms with Gasteiger partial charge in [-0.25, -0.2) is 0 Å². The molecule has 3 aliphatic rings. The van der Waals surface area contributed by atoms with Crippen LogP contribution >= 0.6 is 0 Å². The van der Waals surface area contributed by atoms with Crippen LogP contribution in [0.15, 0.2) is 0 Å². The second-order valence-electron chi connectivity index (χ2n) is 4.99. The molecule has 0 aromatic carbocycles. The molecule has 0 bridgehead atoms. The first-order valence-corrected chi connectivity index (χ1v) is 6.36. The molecule has 4 nitrogen and oxygen atoms in total. The van der Waals surface area contributed by atoms with E-state index in [1.807, 2.05) is 0 Å². The number of hydrogen-bond acceptors (Lipinski definition) is 4. The third-order valence-corrected chi connectivity index (χ3v) is 3.42. The van der Waals surface area contributed by atoms with Crippen LogP contribution < -0.4 is 0 Å². The average Bonchev–Trinajstić information content (AvgIpc) is 3.17. The van der Waals surface area contributed by atoms with Crippen LogP contribution in [0.5, 0.6) is 0 Å². The molecule has 92 valence electrons. The first-order valence-electron chi connectivity index (χ1n) is 6.36. The van der Waals surface area contributed by atoms with Crippen molar-refractivity contribution in [2.75, 3.05) is 26.4 Å². The third-order valence-electron chi connectivity index (χ3n) is 3.42. The number of hydrogen-bond donors (Lipinski definition) is 0. The van der Waals surface area contributed by atoms with E-state index in [9.17, 15) is 0 Å². The summed E-state index contributed by atoms with van der Waals surface area (Å²) < 4.78 is 21.9. The minimum Gasteiger partial charge on any atom is -0.375 e. The SMILES string of the molecule is C1CC(OCC2CO2)CC(OCC2CO2)C1. The first kappa shape index (κ1) is 11.0. The van der Waals surface area contributed by atoms with Crippen molar-refractivity contribution < 1.29 is 18.9 Å². The van der Waals surface area contributed by atoms with Crippen molar-refractivity contribution in [3.8, 4) is 0 Å². The van der Waals surface area contributed by atoms with Crippen molar-refractivity contribution in [2.24, 2.45) is 0 Å². The van der Waals surface area contributed by atoms with E-state index in [1.54, 1.807) is 0 Å². The molecule has 1 saturated carbocycles. The highest BCUT2D eigenvalue weighted by Gasteiger charge is 2.29. The van der Waals surface area contributed by atoms with E-state index in [2.05, 4.69) is 0 Å². The zero-order valence-electron chi connectivity index (χ0n) is 9.60. The van der Waals surface area contributed by atoms with Crippen LogP contribution in [0.1, 0.15) is 25.7 Å². The van der Waals surface area contributed by atoms with Crippen molar-refractivity contribution in [1.82, 2.24) is 0 Å². The lowest BCUT2D eigenvalue weighted by atomic mass is 9.95. The molecule has 2 heterocycles. The summed E-state index contributed by atoms with van der Waals surface area (Å²) >= 11 is 0. The fourth-order valence-electron chi connectivity index (χ4n) is 2.22. The second-order valence-corrected chi connectivity index (χ2v) is 4.99. The molecule has 4 heteroatoms. The summed E-state index contributed by atoms with van der Waals surface area (Å²) in [6.07, 6.45) is 6.11. The van der Waals surface area contributed by atoms with E-state index in [0.29, 0.717) is 24.4 Å². The van der Waals surface area contributed by atoms with Crippen LogP contribution in [0.2, 0.25) is 0 Å². The van der Waals surface area contributed by atoms with E-state index in [0.717, 1.165) is 32.8 Å². The topological polar surface area (TPSA) is 43.5 Å². The van der Waals surface area contributed by atoms with Gasteiger partial charge in [0.05, 0.1) is 38.6 Å². The molecule has 3 fully saturated rings. The fourth-order valence-corrected chi connectivity index (χ4v) is 2.22. The van der Waals surface area contributed by atoms with Crippen molar-refractivity contribution in [3.63, 3.8) is 0 Å². The third kappa shape index (κ3) is 3.42. The normalized spacial score (nSPS) is 42.0. The summed E-state index contributed by atoms with van der Waals surface area (Å²) in [5.74, 6) is 0. The number of epoxide rings is 2. The smallest absolute Gasteiger partial charge is 0.104 e. The molecular formula is C12H20O4. The van der Waals surface area contributed by atoms with Gasteiger partial charge >= 0.3 is 0 Å². The van der Waals surface area contributed by atoms with Crippen LogP contribution in [0, 0.1) is 0 Å². The molecule has 0 N–H and O–H groups in total. The Kier molecular flexibility index (Phi) is 3.43. The standard InChI is InChI=1S/C12H20O4/c1-2-9(13-5-11-7-15-11)4-10(3-1)14-6-12-8-16-12/h9-12H,1-8H2. The molecule has 0 amide bonds. The summed E-state index contributed by atoms with van der Waals surface area (Å²) in [6.45, 7) is 3.30. The van der Waals surface area contributed by atoms with Crippen LogP contribution in [-0.4, -0.2) is 50.8 Å². The molecule has 0 radical (unpaired) electrons. The molecule has 3 rings (SSSR count). The zero-order chi connectivity index (χ0) is 10.8. The Morgan fingerprint density at radius 1 is 0.875 bits per heavy atom. The lowest BCUT2D eigenvalue weighted by molar-refractivity contribution is -0.0502. The summed E-state index contributed by atoms with van der Waals surface area (Å²) in [5.41, 5.74) is 0. The van der Waals surface area contributed by atoms with Crippen LogP contribution in [0.4, 0.5) is 0 Å². The Hall–Kier alpha value is -0.160. The summed E-state index contributed by atoms with van der Waals surface area (Å²) in [5, 5.41) is 0. The Morgan fingerprint density at radius 2 is 1.38 bits per heavy atom. The Morgan fingerprint density at radius 3 is 1.81 bits per heavy atom. The van der Waals surface area contributed by atoms with Gasteiger partial charge in [-0.2, -0.15) is 0 Å². The van der Waals surface area contributed by atoms with Gasteiger partial charge in [0.15, 0.2) is 0 Å². The highest BCUT2D eigenvalue weighted by molar-refractivity contribution is 4.77. The number of ether oxygens (including phenoxy) is 4. The molecule has 4 atom stereocenters. The molecular weight excluding hydrogens is 208 g/mol. The Bertz CT molecular complexity index is 203. The molecule has 2 aliphatic heterocycles. The highest BCUT2D eigenvalue weighted by Crippen LogP contribution is 2.25. The van der Waals surface area contributed by atoms with E-state index in [4.69, 9.17) is 18.9 Å². The minimum absolute atomic E-state index is 0.376. The first-order chi connectivity index (χ1) is 7.90. The van der Waals surface area contributed by atoms with Gasteiger partial charge in [0.1, 0.15) is 12.2 Å².